The van der Waals surface area contributed by atoms with Crippen molar-refractivity contribution in [3.8, 4) is 16.8 Å². The molecule has 2 heterocycles. The minimum atomic E-state index is 1.20. The molecule has 0 saturated carbocycles. The molecule has 0 atom stereocenters. The number of aromatic nitrogens is 2. The Morgan fingerprint density at radius 1 is 0.485 bits per heavy atom. The van der Waals surface area contributed by atoms with E-state index < -0.39 is 0 Å². The molecule has 0 N–H and O–H groups in total. The van der Waals surface area contributed by atoms with Gasteiger partial charge in [0.2, 0.25) is 0 Å². The van der Waals surface area contributed by atoms with Gasteiger partial charge in [0, 0.05) is 39.7 Å². The smallest absolute Gasteiger partial charge is 0.0641 e. The molecule has 0 spiro atoms. The number of hydrogen-bond donors (Lipinski definition) is 0. The van der Waals surface area contributed by atoms with Crippen LogP contribution >= 0.6 is 0 Å². The highest BCUT2D eigenvalue weighted by atomic mass is 15.0. The van der Waals surface area contributed by atoms with E-state index in [1.165, 1.54) is 60.4 Å². The van der Waals surface area contributed by atoms with Gasteiger partial charge in [0.15, 0.2) is 0 Å². The molecule has 33 heavy (non-hydrogen) atoms. The minimum absolute atomic E-state index is 1.20. The van der Waals surface area contributed by atoms with Gasteiger partial charge in [-0.2, -0.15) is 0 Å². The SMILES string of the molecule is Cn1c2ccccc2c2c1ccc1c3ccccc3n(-c3ccccc3-c3ccccc3)c12. The summed E-state index contributed by atoms with van der Waals surface area (Å²) in [6.07, 6.45) is 0. The number of hydrogen-bond acceptors (Lipinski definition) is 0. The van der Waals surface area contributed by atoms with E-state index in [-0.39, 0.29) is 0 Å². The highest BCUT2D eigenvalue weighted by molar-refractivity contribution is 6.25. The van der Waals surface area contributed by atoms with Crippen LogP contribution in [-0.2, 0) is 7.05 Å². The minimum Gasteiger partial charge on any atom is -0.344 e. The van der Waals surface area contributed by atoms with Gasteiger partial charge >= 0.3 is 0 Å². The Labute approximate surface area is 191 Å². The number of nitrogens with zero attached hydrogens (tertiary/aromatic N) is 2. The Morgan fingerprint density at radius 3 is 2.00 bits per heavy atom. The molecule has 156 valence electrons. The number of aryl methyl sites for hydroxylation is 1. The summed E-state index contributed by atoms with van der Waals surface area (Å²) in [5, 5.41) is 5.18. The van der Waals surface area contributed by atoms with Crippen LogP contribution in [-0.4, -0.2) is 9.13 Å². The van der Waals surface area contributed by atoms with E-state index in [2.05, 4.69) is 131 Å². The van der Waals surface area contributed by atoms with Gasteiger partial charge in [-0.05, 0) is 29.8 Å². The van der Waals surface area contributed by atoms with Crippen LogP contribution in [0.2, 0.25) is 0 Å². The zero-order valence-corrected chi connectivity index (χ0v) is 18.4. The molecule has 2 nitrogen and oxygen atoms in total. The largest absolute Gasteiger partial charge is 0.344 e. The zero-order valence-electron chi connectivity index (χ0n) is 18.4. The van der Waals surface area contributed by atoms with Crippen molar-refractivity contribution >= 4 is 43.6 Å². The van der Waals surface area contributed by atoms with Crippen LogP contribution in [0.15, 0.2) is 115 Å². The van der Waals surface area contributed by atoms with Crippen molar-refractivity contribution in [2.45, 2.75) is 0 Å². The zero-order chi connectivity index (χ0) is 21.9. The molecule has 0 unspecified atom stereocenters. The van der Waals surface area contributed by atoms with Crippen LogP contribution in [0.4, 0.5) is 0 Å². The van der Waals surface area contributed by atoms with Gasteiger partial charge in [-0.15, -0.1) is 0 Å². The maximum absolute atomic E-state index is 2.47. The molecule has 0 fully saturated rings. The average molecular weight is 423 g/mol. The fourth-order valence-corrected chi connectivity index (χ4v) is 5.48. The first kappa shape index (κ1) is 18.3. The maximum atomic E-state index is 2.47. The van der Waals surface area contributed by atoms with E-state index in [1.54, 1.807) is 0 Å². The number of rotatable bonds is 2. The summed E-state index contributed by atoms with van der Waals surface area (Å²) in [6, 6.07) is 41.5. The van der Waals surface area contributed by atoms with Gasteiger partial charge < -0.3 is 9.13 Å². The number of benzene rings is 5. The molecule has 0 radical (unpaired) electrons. The van der Waals surface area contributed by atoms with Crippen molar-refractivity contribution in [2.75, 3.05) is 0 Å². The van der Waals surface area contributed by atoms with Crippen molar-refractivity contribution in [3.63, 3.8) is 0 Å². The Morgan fingerprint density at radius 2 is 1.15 bits per heavy atom. The summed E-state index contributed by atoms with van der Waals surface area (Å²) >= 11 is 0. The van der Waals surface area contributed by atoms with Gasteiger partial charge in [0.1, 0.15) is 0 Å². The predicted molar refractivity (Wildman–Crippen MR) is 140 cm³/mol. The number of para-hydroxylation sites is 3. The monoisotopic (exact) mass is 422 g/mol. The first-order chi connectivity index (χ1) is 16.3. The Kier molecular flexibility index (Phi) is 3.80. The molecule has 0 aliphatic carbocycles. The second kappa shape index (κ2) is 6.85. The standard InChI is InChI=1S/C31H22N2/c1-32-26-16-8-7-15-25(26)30-29(32)20-19-24-23-14-6-10-18-28(23)33(31(24)30)27-17-9-5-13-22(27)21-11-3-2-4-12-21/h2-20H,1H3. The predicted octanol–water partition coefficient (Wildman–Crippen LogP) is 8.10. The topological polar surface area (TPSA) is 9.86 Å². The lowest BCUT2D eigenvalue weighted by Crippen LogP contribution is -1.97. The number of fused-ring (bicyclic) bond motifs is 7. The van der Waals surface area contributed by atoms with Crippen LogP contribution in [0.25, 0.3) is 60.4 Å². The van der Waals surface area contributed by atoms with Crippen molar-refractivity contribution in [1.29, 1.82) is 0 Å². The molecule has 0 aliphatic rings. The van der Waals surface area contributed by atoms with Gasteiger partial charge in [-0.1, -0.05) is 91.0 Å². The molecular formula is C31H22N2. The lowest BCUT2D eigenvalue weighted by Gasteiger charge is -2.14. The molecule has 0 bridgehead atoms. The summed E-state index contributed by atoms with van der Waals surface area (Å²) in [7, 11) is 2.17. The molecule has 0 amide bonds. The summed E-state index contributed by atoms with van der Waals surface area (Å²) in [6.45, 7) is 0. The summed E-state index contributed by atoms with van der Waals surface area (Å²) in [5.41, 5.74) is 8.68. The van der Waals surface area contributed by atoms with Crippen molar-refractivity contribution < 1.29 is 0 Å². The van der Waals surface area contributed by atoms with Crippen molar-refractivity contribution in [3.05, 3.63) is 115 Å². The third-order valence-corrected chi connectivity index (χ3v) is 6.94. The van der Waals surface area contributed by atoms with Crippen LogP contribution in [0.1, 0.15) is 0 Å². The average Bonchev–Trinajstić information content (AvgIpc) is 3.37. The van der Waals surface area contributed by atoms with Gasteiger partial charge in [0.25, 0.3) is 0 Å². The van der Waals surface area contributed by atoms with Gasteiger partial charge in [-0.3, -0.25) is 0 Å². The Hall–Kier alpha value is -4.30. The summed E-state index contributed by atoms with van der Waals surface area (Å²) in [4.78, 5) is 0. The van der Waals surface area contributed by atoms with Crippen LogP contribution < -0.4 is 0 Å². The fourth-order valence-electron chi connectivity index (χ4n) is 5.48. The third-order valence-electron chi connectivity index (χ3n) is 6.94. The molecule has 5 aromatic carbocycles. The van der Waals surface area contributed by atoms with Crippen LogP contribution in [0, 0.1) is 0 Å². The lowest BCUT2D eigenvalue weighted by molar-refractivity contribution is 1.01. The van der Waals surface area contributed by atoms with E-state index in [1.807, 2.05) is 0 Å². The molecule has 7 aromatic rings. The fraction of sp³-hybridized carbons (Fsp3) is 0.0323. The Balaban J connectivity index is 1.74. The van der Waals surface area contributed by atoms with Gasteiger partial charge in [0.05, 0.1) is 22.2 Å². The summed E-state index contributed by atoms with van der Waals surface area (Å²) in [5.74, 6) is 0. The van der Waals surface area contributed by atoms with E-state index in [0.29, 0.717) is 0 Å². The van der Waals surface area contributed by atoms with Crippen LogP contribution in [0.5, 0.6) is 0 Å². The van der Waals surface area contributed by atoms with Crippen molar-refractivity contribution in [1.82, 2.24) is 9.13 Å². The second-order valence-electron chi connectivity index (χ2n) is 8.67. The summed E-state index contributed by atoms with van der Waals surface area (Å²) < 4.78 is 4.79. The third kappa shape index (κ3) is 2.49. The quantitative estimate of drug-likeness (QED) is 0.266. The molecule has 7 rings (SSSR count). The second-order valence-corrected chi connectivity index (χ2v) is 8.67. The lowest BCUT2D eigenvalue weighted by atomic mass is 10.0. The molecule has 2 heteroatoms. The first-order valence-corrected chi connectivity index (χ1v) is 11.4. The van der Waals surface area contributed by atoms with E-state index in [0.717, 1.165) is 0 Å². The molecule has 0 aliphatic heterocycles. The first-order valence-electron chi connectivity index (χ1n) is 11.4. The molecule has 2 aromatic heterocycles. The maximum Gasteiger partial charge on any atom is 0.0641 e. The van der Waals surface area contributed by atoms with Crippen LogP contribution in [0.3, 0.4) is 0 Å². The van der Waals surface area contributed by atoms with E-state index in [4.69, 9.17) is 0 Å². The van der Waals surface area contributed by atoms with Gasteiger partial charge in [-0.25, -0.2) is 0 Å². The normalized spacial score (nSPS) is 11.8. The highest BCUT2D eigenvalue weighted by Crippen LogP contribution is 2.42. The highest BCUT2D eigenvalue weighted by Gasteiger charge is 2.20. The van der Waals surface area contributed by atoms with Crippen molar-refractivity contribution in [2.24, 2.45) is 7.05 Å². The Bertz CT molecular complexity index is 1820. The molecule has 0 saturated heterocycles. The van der Waals surface area contributed by atoms with E-state index in [9.17, 15) is 0 Å². The molecular weight excluding hydrogens is 400 g/mol. The van der Waals surface area contributed by atoms with E-state index >= 15 is 0 Å².